The van der Waals surface area contributed by atoms with Gasteiger partial charge in [-0.1, -0.05) is 6.92 Å². The van der Waals surface area contributed by atoms with Crippen LogP contribution in [0.25, 0.3) is 0 Å². The second-order valence-electron chi connectivity index (χ2n) is 4.46. The number of halogens is 1. The zero-order valence-corrected chi connectivity index (χ0v) is 12.2. The zero-order valence-electron chi connectivity index (χ0n) is 10.6. The standard InChI is InChI=1S/C12H19BrN4O/c1-2-5-14-11-10(13)12(16-8-15-11)17-6-3-4-9(17)7-18/h8-9,18H,2-7H2,1H3,(H,14,15,16). The maximum Gasteiger partial charge on any atom is 0.148 e. The first-order chi connectivity index (χ1) is 8.77. The Balaban J connectivity index is 2.22. The van der Waals surface area contributed by atoms with Crippen LogP contribution in [0.2, 0.25) is 0 Å². The van der Waals surface area contributed by atoms with E-state index in [1.807, 2.05) is 0 Å². The molecule has 1 aromatic rings. The predicted molar refractivity (Wildman–Crippen MR) is 76.0 cm³/mol. The molecule has 2 heterocycles. The molecule has 0 spiro atoms. The molecule has 1 unspecified atom stereocenters. The molecule has 1 aromatic heterocycles. The summed E-state index contributed by atoms with van der Waals surface area (Å²) in [6.07, 6.45) is 4.74. The largest absolute Gasteiger partial charge is 0.394 e. The highest BCUT2D eigenvalue weighted by Gasteiger charge is 2.27. The first-order valence-electron chi connectivity index (χ1n) is 6.39. The Hall–Kier alpha value is -0.880. The number of nitrogens with one attached hydrogen (secondary N) is 1. The second-order valence-corrected chi connectivity index (χ2v) is 5.25. The van der Waals surface area contributed by atoms with Crippen molar-refractivity contribution in [1.29, 1.82) is 0 Å². The van der Waals surface area contributed by atoms with E-state index in [1.165, 1.54) is 0 Å². The quantitative estimate of drug-likeness (QED) is 0.870. The van der Waals surface area contributed by atoms with Crippen LogP contribution in [0, 0.1) is 0 Å². The molecule has 2 N–H and O–H groups in total. The molecule has 18 heavy (non-hydrogen) atoms. The smallest absolute Gasteiger partial charge is 0.148 e. The molecule has 0 aliphatic carbocycles. The Morgan fingerprint density at radius 1 is 1.56 bits per heavy atom. The third kappa shape index (κ3) is 2.75. The summed E-state index contributed by atoms with van der Waals surface area (Å²) in [6, 6.07) is 0.176. The molecule has 5 nitrogen and oxygen atoms in total. The second kappa shape index (κ2) is 6.33. The molecule has 0 bridgehead atoms. The van der Waals surface area contributed by atoms with E-state index in [4.69, 9.17) is 0 Å². The number of aromatic nitrogens is 2. The Kier molecular flexibility index (Phi) is 4.77. The van der Waals surface area contributed by atoms with Crippen LogP contribution in [0.1, 0.15) is 26.2 Å². The lowest BCUT2D eigenvalue weighted by atomic mass is 10.2. The molecule has 1 atom stereocenters. The summed E-state index contributed by atoms with van der Waals surface area (Å²) in [5.74, 6) is 1.70. The highest BCUT2D eigenvalue weighted by Crippen LogP contribution is 2.33. The Bertz CT molecular complexity index is 402. The molecule has 2 rings (SSSR count). The van der Waals surface area contributed by atoms with E-state index < -0.39 is 0 Å². The SMILES string of the molecule is CCCNc1ncnc(N2CCCC2CO)c1Br. The highest BCUT2D eigenvalue weighted by molar-refractivity contribution is 9.10. The molecule has 100 valence electrons. The third-order valence-corrected chi connectivity index (χ3v) is 3.90. The maximum atomic E-state index is 9.38. The van der Waals surface area contributed by atoms with Gasteiger partial charge < -0.3 is 15.3 Å². The molecular weight excluding hydrogens is 296 g/mol. The average molecular weight is 315 g/mol. The number of aliphatic hydroxyl groups excluding tert-OH is 1. The van der Waals surface area contributed by atoms with Crippen molar-refractivity contribution in [3.8, 4) is 0 Å². The summed E-state index contributed by atoms with van der Waals surface area (Å²) in [5.41, 5.74) is 0. The van der Waals surface area contributed by atoms with Gasteiger partial charge in [0, 0.05) is 13.1 Å². The van der Waals surface area contributed by atoms with E-state index in [2.05, 4.69) is 43.0 Å². The molecule has 0 radical (unpaired) electrons. The number of hydrogen-bond donors (Lipinski definition) is 2. The van der Waals surface area contributed by atoms with Crippen LogP contribution in [0.15, 0.2) is 10.8 Å². The van der Waals surface area contributed by atoms with Gasteiger partial charge in [-0.05, 0) is 35.2 Å². The van der Waals surface area contributed by atoms with Crippen LogP contribution < -0.4 is 10.2 Å². The van der Waals surface area contributed by atoms with Crippen LogP contribution in [0.5, 0.6) is 0 Å². The number of hydrogen-bond acceptors (Lipinski definition) is 5. The van der Waals surface area contributed by atoms with Crippen LogP contribution >= 0.6 is 15.9 Å². The van der Waals surface area contributed by atoms with E-state index >= 15 is 0 Å². The van der Waals surface area contributed by atoms with Crippen LogP contribution in [0.3, 0.4) is 0 Å². The molecule has 1 saturated heterocycles. The number of aliphatic hydroxyl groups is 1. The molecule has 1 fully saturated rings. The van der Waals surface area contributed by atoms with Gasteiger partial charge in [0.25, 0.3) is 0 Å². The Morgan fingerprint density at radius 2 is 2.39 bits per heavy atom. The van der Waals surface area contributed by atoms with Crippen LogP contribution in [-0.2, 0) is 0 Å². The van der Waals surface area contributed by atoms with Gasteiger partial charge in [-0.2, -0.15) is 0 Å². The summed E-state index contributed by atoms with van der Waals surface area (Å²) in [6.45, 7) is 4.12. The third-order valence-electron chi connectivity index (χ3n) is 3.17. The number of anilines is 2. The molecular formula is C12H19BrN4O. The van der Waals surface area contributed by atoms with Crippen LogP contribution in [-0.4, -0.2) is 40.8 Å². The predicted octanol–water partition coefficient (Wildman–Crippen LogP) is 2.02. The number of nitrogens with zero attached hydrogens (tertiary/aromatic N) is 3. The molecule has 0 amide bonds. The highest BCUT2D eigenvalue weighted by atomic mass is 79.9. The van der Waals surface area contributed by atoms with Gasteiger partial charge in [-0.3, -0.25) is 0 Å². The van der Waals surface area contributed by atoms with Gasteiger partial charge in [0.15, 0.2) is 0 Å². The van der Waals surface area contributed by atoms with Crippen molar-refractivity contribution in [2.45, 2.75) is 32.2 Å². The van der Waals surface area contributed by atoms with Crippen molar-refractivity contribution < 1.29 is 5.11 Å². The van der Waals surface area contributed by atoms with Gasteiger partial charge in [0.05, 0.1) is 12.6 Å². The summed E-state index contributed by atoms with van der Waals surface area (Å²) in [7, 11) is 0. The van der Waals surface area contributed by atoms with Crippen molar-refractivity contribution in [2.75, 3.05) is 29.9 Å². The van der Waals surface area contributed by atoms with Gasteiger partial charge >= 0.3 is 0 Å². The summed E-state index contributed by atoms with van der Waals surface area (Å²) < 4.78 is 0.888. The summed E-state index contributed by atoms with van der Waals surface area (Å²) in [4.78, 5) is 10.7. The average Bonchev–Trinajstić information content (AvgIpc) is 2.85. The van der Waals surface area contributed by atoms with Gasteiger partial charge in [-0.15, -0.1) is 0 Å². The molecule has 0 saturated carbocycles. The van der Waals surface area contributed by atoms with E-state index in [1.54, 1.807) is 6.33 Å². The normalized spacial score (nSPS) is 19.3. The monoisotopic (exact) mass is 314 g/mol. The first kappa shape index (κ1) is 13.5. The minimum absolute atomic E-state index is 0.175. The molecule has 1 aliphatic heterocycles. The van der Waals surface area contributed by atoms with E-state index in [0.717, 1.165) is 48.5 Å². The fraction of sp³-hybridized carbons (Fsp3) is 0.667. The molecule has 1 aliphatic rings. The number of rotatable bonds is 5. The van der Waals surface area contributed by atoms with Crippen molar-refractivity contribution in [3.05, 3.63) is 10.8 Å². The summed E-state index contributed by atoms with van der Waals surface area (Å²) in [5, 5.41) is 12.7. The van der Waals surface area contributed by atoms with Crippen molar-refractivity contribution >= 4 is 27.6 Å². The zero-order chi connectivity index (χ0) is 13.0. The van der Waals surface area contributed by atoms with Crippen molar-refractivity contribution in [1.82, 2.24) is 9.97 Å². The van der Waals surface area contributed by atoms with E-state index in [-0.39, 0.29) is 12.6 Å². The molecule has 6 heteroatoms. The topological polar surface area (TPSA) is 61.3 Å². The van der Waals surface area contributed by atoms with Crippen molar-refractivity contribution in [3.63, 3.8) is 0 Å². The lowest BCUT2D eigenvalue weighted by molar-refractivity contribution is 0.266. The van der Waals surface area contributed by atoms with E-state index in [9.17, 15) is 5.11 Å². The maximum absolute atomic E-state index is 9.38. The van der Waals surface area contributed by atoms with E-state index in [0.29, 0.717) is 0 Å². The minimum Gasteiger partial charge on any atom is -0.394 e. The van der Waals surface area contributed by atoms with Gasteiger partial charge in [-0.25, -0.2) is 9.97 Å². The van der Waals surface area contributed by atoms with Crippen molar-refractivity contribution in [2.24, 2.45) is 0 Å². The van der Waals surface area contributed by atoms with Gasteiger partial charge in [0.1, 0.15) is 22.4 Å². The summed E-state index contributed by atoms with van der Waals surface area (Å²) >= 11 is 3.57. The van der Waals surface area contributed by atoms with Gasteiger partial charge in [0.2, 0.25) is 0 Å². The lowest BCUT2D eigenvalue weighted by Crippen LogP contribution is -2.33. The molecule has 0 aromatic carbocycles. The Morgan fingerprint density at radius 3 is 3.11 bits per heavy atom. The minimum atomic E-state index is 0.175. The fourth-order valence-electron chi connectivity index (χ4n) is 2.23. The van der Waals surface area contributed by atoms with Crippen LogP contribution in [0.4, 0.5) is 11.6 Å². The Labute approximate surface area is 116 Å². The lowest BCUT2D eigenvalue weighted by Gasteiger charge is -2.25. The first-order valence-corrected chi connectivity index (χ1v) is 7.19. The fourth-order valence-corrected chi connectivity index (χ4v) is 2.80.